The Morgan fingerprint density at radius 1 is 0.750 bits per heavy atom. The normalized spacial score (nSPS) is 13.7. The summed E-state index contributed by atoms with van der Waals surface area (Å²) in [6.45, 7) is 6.51. The van der Waals surface area contributed by atoms with E-state index in [0.717, 1.165) is 34.4 Å². The fourth-order valence-corrected chi connectivity index (χ4v) is 6.92. The molecule has 316 valence electrons. The van der Waals surface area contributed by atoms with Gasteiger partial charge in [0.05, 0.1) is 41.8 Å². The minimum Gasteiger partial charge on any atom is -0.448 e. The van der Waals surface area contributed by atoms with Crippen molar-refractivity contribution in [3.63, 3.8) is 0 Å². The smallest absolute Gasteiger partial charge is 0.414 e. The Morgan fingerprint density at radius 2 is 1.27 bits per heavy atom. The molecule has 18 heteroatoms. The van der Waals surface area contributed by atoms with E-state index in [4.69, 9.17) is 23.7 Å². The molecule has 1 heterocycles. The lowest BCUT2D eigenvalue weighted by atomic mass is 9.98. The summed E-state index contributed by atoms with van der Waals surface area (Å²) in [7, 11) is 0. The summed E-state index contributed by atoms with van der Waals surface area (Å²) in [6.07, 6.45) is 0.0491. The van der Waals surface area contributed by atoms with Crippen LogP contribution in [-0.2, 0) is 23.7 Å². The SMILES string of the molecule is CC1(C)OC(=O)N1CCCOCCOCCOCCCNc1c([N+](=O)[O-])cc(C(=O)Nc2ccc(NC(=O)OCC3c4ccccc4-c4ccccc43)cc2)cc1[N+](=O)[O-]. The molecule has 0 atom stereocenters. The van der Waals surface area contributed by atoms with E-state index in [-0.39, 0.29) is 55.3 Å². The standard InChI is InChI=1S/C42H46N6O12/c1-42(2)46(41(51)60-42)18-8-20-57-22-24-58-23-21-56-19-7-17-43-38-36(47(52)53)25-28(26-37(38)48(54)55)39(49)44-29-13-15-30(16-14-29)45-40(50)59-27-35-33-11-5-3-9-31(33)32-10-4-6-12-34(32)35/h3-6,9-16,25-26,35,43H,7-8,17-24,27H2,1-2H3,(H,44,49)(H,45,50). The first kappa shape index (κ1) is 43.0. The molecule has 0 unspecified atom stereocenters. The van der Waals surface area contributed by atoms with Gasteiger partial charge in [-0.3, -0.25) is 35.2 Å². The predicted molar refractivity (Wildman–Crippen MR) is 220 cm³/mol. The van der Waals surface area contributed by atoms with E-state index in [1.165, 1.54) is 24.3 Å². The van der Waals surface area contributed by atoms with Gasteiger partial charge in [-0.2, -0.15) is 0 Å². The third kappa shape index (κ3) is 10.7. The molecule has 4 aromatic rings. The molecule has 4 aromatic carbocycles. The molecule has 18 nitrogen and oxygen atoms in total. The molecular formula is C42H46N6O12. The molecular weight excluding hydrogens is 780 g/mol. The van der Waals surface area contributed by atoms with Crippen LogP contribution in [0.2, 0.25) is 0 Å². The highest BCUT2D eigenvalue weighted by Crippen LogP contribution is 2.44. The van der Waals surface area contributed by atoms with Gasteiger partial charge in [0.15, 0.2) is 11.4 Å². The molecule has 0 bridgehead atoms. The summed E-state index contributed by atoms with van der Waals surface area (Å²) in [5.41, 5.74) is 2.57. The van der Waals surface area contributed by atoms with Crippen molar-refractivity contribution in [1.82, 2.24) is 4.90 Å². The highest BCUT2D eigenvalue weighted by Gasteiger charge is 2.45. The molecule has 1 aliphatic carbocycles. The van der Waals surface area contributed by atoms with Gasteiger partial charge in [-0.05, 0) is 73.2 Å². The number of ether oxygens (including phenoxy) is 5. The van der Waals surface area contributed by atoms with Gasteiger partial charge in [0.1, 0.15) is 6.61 Å². The number of carbonyl (C=O) groups is 3. The van der Waals surface area contributed by atoms with Gasteiger partial charge in [0.25, 0.3) is 17.3 Å². The number of anilines is 3. The number of nitrogens with zero attached hydrogens (tertiary/aromatic N) is 3. The average molecular weight is 827 g/mol. The molecule has 0 spiro atoms. The molecule has 3 N–H and O–H groups in total. The van der Waals surface area contributed by atoms with Crippen LogP contribution in [0.3, 0.4) is 0 Å². The fourth-order valence-electron chi connectivity index (χ4n) is 6.92. The number of cyclic esters (lactones) is 1. The number of nitro groups is 2. The number of nitro benzene ring substituents is 2. The molecule has 1 fully saturated rings. The Bertz CT molecular complexity index is 2120. The zero-order chi connectivity index (χ0) is 42.6. The van der Waals surface area contributed by atoms with Crippen LogP contribution in [0.5, 0.6) is 0 Å². The lowest BCUT2D eigenvalue weighted by molar-refractivity contribution is -0.392. The molecule has 60 heavy (non-hydrogen) atoms. The summed E-state index contributed by atoms with van der Waals surface area (Å²) in [5, 5.41) is 32.0. The predicted octanol–water partition coefficient (Wildman–Crippen LogP) is 7.55. The summed E-state index contributed by atoms with van der Waals surface area (Å²) in [4.78, 5) is 61.4. The zero-order valence-corrected chi connectivity index (χ0v) is 33.2. The van der Waals surface area contributed by atoms with Gasteiger partial charge in [-0.15, -0.1) is 0 Å². The minimum absolute atomic E-state index is 0.108. The van der Waals surface area contributed by atoms with Gasteiger partial charge in [0, 0.05) is 55.7 Å². The zero-order valence-electron chi connectivity index (χ0n) is 33.2. The highest BCUT2D eigenvalue weighted by molar-refractivity contribution is 6.06. The number of hydrogen-bond donors (Lipinski definition) is 3. The Labute approximate surface area is 345 Å². The van der Waals surface area contributed by atoms with Crippen molar-refractivity contribution >= 4 is 46.5 Å². The molecule has 1 aliphatic heterocycles. The van der Waals surface area contributed by atoms with Crippen molar-refractivity contribution in [3.05, 3.63) is 122 Å². The van der Waals surface area contributed by atoms with E-state index in [9.17, 15) is 34.6 Å². The van der Waals surface area contributed by atoms with E-state index in [1.807, 2.05) is 62.4 Å². The minimum atomic E-state index is -0.813. The maximum Gasteiger partial charge on any atom is 0.414 e. The molecule has 6 rings (SSSR count). The van der Waals surface area contributed by atoms with E-state index in [2.05, 4.69) is 16.0 Å². The molecule has 0 aromatic heterocycles. The van der Waals surface area contributed by atoms with Gasteiger partial charge in [-0.25, -0.2) is 9.59 Å². The van der Waals surface area contributed by atoms with Gasteiger partial charge in [0.2, 0.25) is 0 Å². The largest absolute Gasteiger partial charge is 0.448 e. The molecule has 0 radical (unpaired) electrons. The van der Waals surface area contributed by atoms with Crippen molar-refractivity contribution < 1.29 is 47.9 Å². The van der Waals surface area contributed by atoms with E-state index in [0.29, 0.717) is 51.5 Å². The quantitative estimate of drug-likeness (QED) is 0.0396. The van der Waals surface area contributed by atoms with Crippen LogP contribution in [0.1, 0.15) is 54.1 Å². The van der Waals surface area contributed by atoms with Gasteiger partial charge < -0.3 is 34.3 Å². The van der Waals surface area contributed by atoms with Crippen LogP contribution in [0.15, 0.2) is 84.9 Å². The van der Waals surface area contributed by atoms with Crippen molar-refractivity contribution in [2.45, 2.75) is 38.3 Å². The number of amides is 3. The average Bonchev–Trinajstić information content (AvgIpc) is 3.54. The first-order valence-electron chi connectivity index (χ1n) is 19.4. The Balaban J connectivity index is 0.907. The number of benzene rings is 4. The Kier molecular flexibility index (Phi) is 14.2. The summed E-state index contributed by atoms with van der Waals surface area (Å²) < 4.78 is 27.2. The molecule has 2 aliphatic rings. The van der Waals surface area contributed by atoms with Crippen molar-refractivity contribution in [1.29, 1.82) is 0 Å². The Hall–Kier alpha value is -6.63. The number of hydrogen-bond acceptors (Lipinski definition) is 13. The number of nitrogens with one attached hydrogen (secondary N) is 3. The van der Waals surface area contributed by atoms with E-state index in [1.54, 1.807) is 4.90 Å². The maximum atomic E-state index is 13.2. The van der Waals surface area contributed by atoms with Crippen LogP contribution < -0.4 is 16.0 Å². The summed E-state index contributed by atoms with van der Waals surface area (Å²) in [6, 6.07) is 24.0. The van der Waals surface area contributed by atoms with E-state index < -0.39 is 38.9 Å². The molecule has 1 saturated heterocycles. The topological polar surface area (TPSA) is 223 Å². The molecule has 3 amide bonds. The second kappa shape index (κ2) is 19.9. The summed E-state index contributed by atoms with van der Waals surface area (Å²) >= 11 is 0. The van der Waals surface area contributed by atoms with Crippen LogP contribution in [-0.4, -0.2) is 97.9 Å². The lowest BCUT2D eigenvalue weighted by Gasteiger charge is -2.46. The third-order valence-electron chi connectivity index (χ3n) is 9.87. The highest BCUT2D eigenvalue weighted by atomic mass is 16.6. The van der Waals surface area contributed by atoms with Crippen LogP contribution in [0, 0.1) is 20.2 Å². The van der Waals surface area contributed by atoms with Crippen LogP contribution in [0.4, 0.5) is 38.0 Å². The second-order valence-electron chi connectivity index (χ2n) is 14.3. The van der Waals surface area contributed by atoms with E-state index >= 15 is 0 Å². The van der Waals surface area contributed by atoms with Crippen molar-refractivity contribution in [2.75, 3.05) is 75.3 Å². The van der Waals surface area contributed by atoms with Gasteiger partial charge in [-0.1, -0.05) is 48.5 Å². The van der Waals surface area contributed by atoms with Gasteiger partial charge >= 0.3 is 12.2 Å². The number of fused-ring (bicyclic) bond motifs is 3. The maximum absolute atomic E-state index is 13.2. The number of rotatable bonds is 22. The van der Waals surface area contributed by atoms with Crippen LogP contribution >= 0.6 is 0 Å². The van der Waals surface area contributed by atoms with Crippen LogP contribution in [0.25, 0.3) is 11.1 Å². The number of carbonyl (C=O) groups excluding carboxylic acids is 3. The lowest BCUT2D eigenvalue weighted by Crippen LogP contribution is -2.62. The fraction of sp³-hybridized carbons (Fsp3) is 0.357. The second-order valence-corrected chi connectivity index (χ2v) is 14.3. The first-order valence-corrected chi connectivity index (χ1v) is 19.4. The van der Waals surface area contributed by atoms with Crippen molar-refractivity contribution in [2.24, 2.45) is 0 Å². The summed E-state index contributed by atoms with van der Waals surface area (Å²) in [5.74, 6) is -0.921. The van der Waals surface area contributed by atoms with Crippen molar-refractivity contribution in [3.8, 4) is 11.1 Å². The molecule has 0 saturated carbocycles. The monoisotopic (exact) mass is 826 g/mol. The Morgan fingerprint density at radius 3 is 1.80 bits per heavy atom. The third-order valence-corrected chi connectivity index (χ3v) is 9.87. The first-order chi connectivity index (χ1) is 28.9.